The molecule has 4 heteroatoms. The number of ether oxygens (including phenoxy) is 1. The first-order chi connectivity index (χ1) is 9.78. The van der Waals surface area contributed by atoms with E-state index in [1.165, 1.54) is 0 Å². The quantitative estimate of drug-likeness (QED) is 0.731. The highest BCUT2D eigenvalue weighted by atomic mass is 16.5. The normalized spacial score (nSPS) is 10.7. The monoisotopic (exact) mass is 266 g/mol. The zero-order valence-corrected chi connectivity index (χ0v) is 11.1. The van der Waals surface area contributed by atoms with Gasteiger partial charge in [-0.1, -0.05) is 6.07 Å². The first-order valence-electron chi connectivity index (χ1n) is 6.35. The van der Waals surface area contributed by atoms with Gasteiger partial charge in [-0.15, -0.1) is 0 Å². The minimum Gasteiger partial charge on any atom is -0.497 e. The van der Waals surface area contributed by atoms with Crippen molar-refractivity contribution in [3.8, 4) is 5.75 Å². The second-order valence-corrected chi connectivity index (χ2v) is 4.50. The standard InChI is InChI=1S/C16H14N2O2/c1-20-14-7-5-12-6-8-16(19)18(15(12)10-14)11-13-4-2-3-9-17-13/h2-10H,11H2,1H3. The van der Waals surface area contributed by atoms with E-state index >= 15 is 0 Å². The van der Waals surface area contributed by atoms with Gasteiger partial charge in [0.2, 0.25) is 0 Å². The highest BCUT2D eigenvalue weighted by Gasteiger charge is 2.06. The summed E-state index contributed by atoms with van der Waals surface area (Å²) in [7, 11) is 1.62. The van der Waals surface area contributed by atoms with E-state index < -0.39 is 0 Å². The Bertz CT molecular complexity index is 794. The summed E-state index contributed by atoms with van der Waals surface area (Å²) in [5.41, 5.74) is 1.66. The molecule has 0 aliphatic heterocycles. The maximum Gasteiger partial charge on any atom is 0.251 e. The fourth-order valence-corrected chi connectivity index (χ4v) is 2.21. The molecule has 1 aromatic carbocycles. The number of methoxy groups -OCH3 is 1. The predicted octanol–water partition coefficient (Wildman–Crippen LogP) is 2.45. The average Bonchev–Trinajstić information content (AvgIpc) is 2.51. The van der Waals surface area contributed by atoms with E-state index in [4.69, 9.17) is 4.74 Å². The highest BCUT2D eigenvalue weighted by Crippen LogP contribution is 2.19. The van der Waals surface area contributed by atoms with Crippen molar-refractivity contribution in [3.05, 3.63) is 70.8 Å². The molecule has 20 heavy (non-hydrogen) atoms. The Hall–Kier alpha value is -2.62. The lowest BCUT2D eigenvalue weighted by atomic mass is 10.2. The van der Waals surface area contributed by atoms with Crippen LogP contribution in [-0.4, -0.2) is 16.7 Å². The lowest BCUT2D eigenvalue weighted by molar-refractivity contribution is 0.415. The number of hydrogen-bond donors (Lipinski definition) is 0. The molecule has 0 aliphatic carbocycles. The van der Waals surface area contributed by atoms with Gasteiger partial charge in [-0.2, -0.15) is 0 Å². The minimum atomic E-state index is -0.0450. The number of rotatable bonds is 3. The van der Waals surface area contributed by atoms with Gasteiger partial charge in [0.15, 0.2) is 0 Å². The van der Waals surface area contributed by atoms with Gasteiger partial charge >= 0.3 is 0 Å². The Kier molecular flexibility index (Phi) is 3.21. The summed E-state index contributed by atoms with van der Waals surface area (Å²) in [6, 6.07) is 14.8. The zero-order valence-electron chi connectivity index (χ0n) is 11.1. The van der Waals surface area contributed by atoms with Crippen LogP contribution in [0, 0.1) is 0 Å². The summed E-state index contributed by atoms with van der Waals surface area (Å²) in [6.45, 7) is 0.449. The molecule has 0 amide bonds. The molecule has 100 valence electrons. The molecule has 0 fully saturated rings. The minimum absolute atomic E-state index is 0.0450. The Morgan fingerprint density at radius 1 is 1.15 bits per heavy atom. The van der Waals surface area contributed by atoms with Gasteiger partial charge in [0.1, 0.15) is 5.75 Å². The van der Waals surface area contributed by atoms with Crippen molar-refractivity contribution in [2.75, 3.05) is 7.11 Å². The van der Waals surface area contributed by atoms with Gasteiger partial charge in [0.05, 0.1) is 24.9 Å². The van der Waals surface area contributed by atoms with Crippen molar-refractivity contribution in [1.82, 2.24) is 9.55 Å². The van der Waals surface area contributed by atoms with Crippen LogP contribution in [0.1, 0.15) is 5.69 Å². The molecule has 3 aromatic rings. The van der Waals surface area contributed by atoms with E-state index in [2.05, 4.69) is 4.98 Å². The number of benzene rings is 1. The molecule has 0 saturated heterocycles. The van der Waals surface area contributed by atoms with E-state index in [1.54, 1.807) is 23.9 Å². The molecule has 3 rings (SSSR count). The van der Waals surface area contributed by atoms with Gasteiger partial charge in [0, 0.05) is 18.3 Å². The van der Waals surface area contributed by atoms with Crippen LogP contribution in [0.25, 0.3) is 10.9 Å². The summed E-state index contributed by atoms with van der Waals surface area (Å²) >= 11 is 0. The van der Waals surface area contributed by atoms with Crippen LogP contribution in [0.2, 0.25) is 0 Å². The Morgan fingerprint density at radius 3 is 2.75 bits per heavy atom. The predicted molar refractivity (Wildman–Crippen MR) is 78.1 cm³/mol. The van der Waals surface area contributed by atoms with E-state index in [9.17, 15) is 4.79 Å². The third kappa shape index (κ3) is 2.28. The number of nitrogens with zero attached hydrogens (tertiary/aromatic N) is 2. The molecular formula is C16H14N2O2. The smallest absolute Gasteiger partial charge is 0.251 e. The van der Waals surface area contributed by atoms with E-state index in [0.717, 1.165) is 22.3 Å². The second kappa shape index (κ2) is 5.17. The fourth-order valence-electron chi connectivity index (χ4n) is 2.21. The van der Waals surface area contributed by atoms with Crippen LogP contribution in [0.15, 0.2) is 59.5 Å². The summed E-state index contributed by atoms with van der Waals surface area (Å²) in [4.78, 5) is 16.4. The SMILES string of the molecule is COc1ccc2ccc(=O)n(Cc3ccccn3)c2c1. The van der Waals surface area contributed by atoms with E-state index in [1.807, 2.05) is 42.5 Å². The molecule has 2 heterocycles. The van der Waals surface area contributed by atoms with Crippen LogP contribution in [0.3, 0.4) is 0 Å². The van der Waals surface area contributed by atoms with Crippen LogP contribution < -0.4 is 10.3 Å². The van der Waals surface area contributed by atoms with Crippen LogP contribution in [0.5, 0.6) is 5.75 Å². The third-order valence-electron chi connectivity index (χ3n) is 3.25. The zero-order chi connectivity index (χ0) is 13.9. The Morgan fingerprint density at radius 2 is 2.00 bits per heavy atom. The molecule has 0 N–H and O–H groups in total. The van der Waals surface area contributed by atoms with Crippen LogP contribution >= 0.6 is 0 Å². The van der Waals surface area contributed by atoms with Gasteiger partial charge in [-0.3, -0.25) is 9.78 Å². The largest absolute Gasteiger partial charge is 0.497 e. The van der Waals surface area contributed by atoms with Crippen molar-refractivity contribution >= 4 is 10.9 Å². The average molecular weight is 266 g/mol. The molecule has 0 aliphatic rings. The second-order valence-electron chi connectivity index (χ2n) is 4.50. The van der Waals surface area contributed by atoms with Crippen LogP contribution in [-0.2, 0) is 6.54 Å². The number of hydrogen-bond acceptors (Lipinski definition) is 3. The van der Waals surface area contributed by atoms with Gasteiger partial charge in [0.25, 0.3) is 5.56 Å². The van der Waals surface area contributed by atoms with E-state index in [0.29, 0.717) is 6.54 Å². The van der Waals surface area contributed by atoms with Gasteiger partial charge in [-0.05, 0) is 35.7 Å². The van der Waals surface area contributed by atoms with Crippen LogP contribution in [0.4, 0.5) is 0 Å². The summed E-state index contributed by atoms with van der Waals surface area (Å²) < 4.78 is 6.94. The lowest BCUT2D eigenvalue weighted by Crippen LogP contribution is -2.20. The fraction of sp³-hybridized carbons (Fsp3) is 0.125. The molecule has 0 saturated carbocycles. The van der Waals surface area contributed by atoms with Crippen molar-refractivity contribution in [3.63, 3.8) is 0 Å². The molecule has 0 radical (unpaired) electrons. The maximum atomic E-state index is 12.1. The number of pyridine rings is 2. The highest BCUT2D eigenvalue weighted by molar-refractivity contribution is 5.80. The topological polar surface area (TPSA) is 44.1 Å². The van der Waals surface area contributed by atoms with E-state index in [-0.39, 0.29) is 5.56 Å². The summed E-state index contributed by atoms with van der Waals surface area (Å²) in [6.07, 6.45) is 1.73. The maximum absolute atomic E-state index is 12.1. The first-order valence-corrected chi connectivity index (χ1v) is 6.35. The van der Waals surface area contributed by atoms with Gasteiger partial charge < -0.3 is 9.30 Å². The lowest BCUT2D eigenvalue weighted by Gasteiger charge is -2.10. The molecule has 0 spiro atoms. The first kappa shape index (κ1) is 12.4. The summed E-state index contributed by atoms with van der Waals surface area (Å²) in [5.74, 6) is 0.734. The molecule has 0 atom stereocenters. The molecule has 0 bridgehead atoms. The number of aromatic nitrogens is 2. The number of fused-ring (bicyclic) bond motifs is 1. The van der Waals surface area contributed by atoms with Crippen molar-refractivity contribution in [2.24, 2.45) is 0 Å². The Labute approximate surface area is 116 Å². The molecule has 0 unspecified atom stereocenters. The van der Waals surface area contributed by atoms with Gasteiger partial charge in [-0.25, -0.2) is 0 Å². The molecule has 4 nitrogen and oxygen atoms in total. The van der Waals surface area contributed by atoms with Crippen molar-refractivity contribution in [1.29, 1.82) is 0 Å². The summed E-state index contributed by atoms with van der Waals surface area (Å²) in [5, 5.41) is 1.00. The third-order valence-corrected chi connectivity index (χ3v) is 3.25. The molecule has 2 aromatic heterocycles. The molecular weight excluding hydrogens is 252 g/mol. The Balaban J connectivity index is 2.17. The van der Waals surface area contributed by atoms with Crippen molar-refractivity contribution in [2.45, 2.75) is 6.54 Å². The van der Waals surface area contributed by atoms with Crippen molar-refractivity contribution < 1.29 is 4.74 Å².